The lowest BCUT2D eigenvalue weighted by Gasteiger charge is -2.06. The van der Waals surface area contributed by atoms with Gasteiger partial charge in [0.25, 0.3) is 0 Å². The Labute approximate surface area is 105 Å². The van der Waals surface area contributed by atoms with Gasteiger partial charge in [0.2, 0.25) is 0 Å². The molecule has 0 fully saturated rings. The van der Waals surface area contributed by atoms with Crippen molar-refractivity contribution < 1.29 is 14.7 Å². The van der Waals surface area contributed by atoms with Crippen molar-refractivity contribution in [3.63, 3.8) is 0 Å². The van der Waals surface area contributed by atoms with Crippen molar-refractivity contribution in [3.05, 3.63) is 34.5 Å². The minimum absolute atomic E-state index is 0.284. The van der Waals surface area contributed by atoms with Crippen molar-refractivity contribution in [2.75, 3.05) is 0 Å². The minimum Gasteiger partial charge on any atom is -0.478 e. The maximum absolute atomic E-state index is 11.2. The Kier molecular flexibility index (Phi) is 2.95. The highest BCUT2D eigenvalue weighted by Crippen LogP contribution is 2.27. The molecule has 0 amide bonds. The van der Waals surface area contributed by atoms with Crippen molar-refractivity contribution in [1.82, 2.24) is 4.57 Å². The normalized spacial score (nSPS) is 10.8. The van der Waals surface area contributed by atoms with Gasteiger partial charge in [0.1, 0.15) is 0 Å². The summed E-state index contributed by atoms with van der Waals surface area (Å²) in [5.41, 5.74) is 3.29. The standard InChI is InChI=1S/C14H15NO3/c1-4-15-9(3)12(7-16)11-5-8(2)10(14(17)18)6-13(11)15/h5-7H,4H2,1-3H3,(H,17,18). The van der Waals surface area contributed by atoms with Crippen molar-refractivity contribution in [1.29, 1.82) is 0 Å². The van der Waals surface area contributed by atoms with E-state index in [9.17, 15) is 9.59 Å². The highest BCUT2D eigenvalue weighted by molar-refractivity contribution is 6.03. The second-order valence-electron chi connectivity index (χ2n) is 4.35. The molecule has 4 nitrogen and oxygen atoms in total. The predicted molar refractivity (Wildman–Crippen MR) is 69.4 cm³/mol. The van der Waals surface area contributed by atoms with Gasteiger partial charge in [-0.15, -0.1) is 0 Å². The third-order valence-electron chi connectivity index (χ3n) is 3.38. The van der Waals surface area contributed by atoms with E-state index in [0.717, 1.165) is 22.9 Å². The molecule has 2 aromatic rings. The molecule has 2 rings (SSSR count). The highest BCUT2D eigenvalue weighted by Gasteiger charge is 2.16. The average molecular weight is 245 g/mol. The Bertz CT molecular complexity index is 653. The molecule has 0 unspecified atom stereocenters. The number of hydrogen-bond donors (Lipinski definition) is 1. The molecule has 0 radical (unpaired) electrons. The molecular formula is C14H15NO3. The molecule has 0 atom stereocenters. The number of hydrogen-bond acceptors (Lipinski definition) is 2. The Morgan fingerprint density at radius 3 is 2.56 bits per heavy atom. The van der Waals surface area contributed by atoms with Crippen molar-refractivity contribution >= 4 is 23.2 Å². The molecular weight excluding hydrogens is 230 g/mol. The van der Waals surface area contributed by atoms with Crippen LogP contribution in [-0.2, 0) is 6.54 Å². The van der Waals surface area contributed by atoms with E-state index in [0.29, 0.717) is 17.7 Å². The average Bonchev–Trinajstić information content (AvgIpc) is 2.58. The fourth-order valence-electron chi connectivity index (χ4n) is 2.44. The van der Waals surface area contributed by atoms with Crippen LogP contribution in [0.25, 0.3) is 10.9 Å². The van der Waals surface area contributed by atoms with Crippen LogP contribution in [0.4, 0.5) is 0 Å². The molecule has 1 heterocycles. The number of carboxylic acid groups (broad SMARTS) is 1. The van der Waals surface area contributed by atoms with Gasteiger partial charge in [-0.1, -0.05) is 0 Å². The summed E-state index contributed by atoms with van der Waals surface area (Å²) >= 11 is 0. The van der Waals surface area contributed by atoms with Crippen LogP contribution in [0, 0.1) is 13.8 Å². The topological polar surface area (TPSA) is 59.3 Å². The number of aryl methyl sites for hydroxylation is 2. The first kappa shape index (κ1) is 12.4. The van der Waals surface area contributed by atoms with Gasteiger partial charge in [-0.2, -0.15) is 0 Å². The largest absolute Gasteiger partial charge is 0.478 e. The Hall–Kier alpha value is -2.10. The summed E-state index contributed by atoms with van der Waals surface area (Å²) in [5, 5.41) is 9.97. The van der Waals surface area contributed by atoms with E-state index in [4.69, 9.17) is 5.11 Å². The third kappa shape index (κ3) is 1.61. The maximum atomic E-state index is 11.2. The van der Waals surface area contributed by atoms with E-state index >= 15 is 0 Å². The highest BCUT2D eigenvalue weighted by atomic mass is 16.4. The zero-order valence-electron chi connectivity index (χ0n) is 10.7. The number of rotatable bonds is 3. The monoisotopic (exact) mass is 245 g/mol. The van der Waals surface area contributed by atoms with Crippen LogP contribution >= 0.6 is 0 Å². The third-order valence-corrected chi connectivity index (χ3v) is 3.38. The fourth-order valence-corrected chi connectivity index (χ4v) is 2.44. The zero-order valence-corrected chi connectivity index (χ0v) is 10.7. The lowest BCUT2D eigenvalue weighted by atomic mass is 10.0. The number of fused-ring (bicyclic) bond motifs is 1. The van der Waals surface area contributed by atoms with E-state index in [1.165, 1.54) is 0 Å². The lowest BCUT2D eigenvalue weighted by Crippen LogP contribution is -2.01. The first-order chi connectivity index (χ1) is 8.51. The Morgan fingerprint density at radius 1 is 1.39 bits per heavy atom. The molecule has 0 aliphatic rings. The van der Waals surface area contributed by atoms with Gasteiger partial charge in [0.05, 0.1) is 5.56 Å². The first-order valence-corrected chi connectivity index (χ1v) is 5.83. The molecule has 1 aromatic carbocycles. The van der Waals surface area contributed by atoms with Crippen LogP contribution in [-0.4, -0.2) is 21.9 Å². The number of nitrogens with zero attached hydrogens (tertiary/aromatic N) is 1. The van der Waals surface area contributed by atoms with Gasteiger partial charge in [-0.05, 0) is 38.5 Å². The lowest BCUT2D eigenvalue weighted by molar-refractivity contribution is 0.0696. The Balaban J connectivity index is 2.92. The van der Waals surface area contributed by atoms with Gasteiger partial charge in [-0.25, -0.2) is 4.79 Å². The summed E-state index contributed by atoms with van der Waals surface area (Å²) in [5.74, 6) is -0.941. The molecule has 0 aliphatic carbocycles. The number of aromatic nitrogens is 1. The number of carbonyl (C=O) groups excluding carboxylic acids is 1. The SMILES string of the molecule is CCn1c(C)c(C=O)c2cc(C)c(C(=O)O)cc21. The van der Waals surface area contributed by atoms with Gasteiger partial charge < -0.3 is 9.67 Å². The molecule has 0 bridgehead atoms. The van der Waals surface area contributed by atoms with Crippen molar-refractivity contribution in [2.45, 2.75) is 27.3 Å². The van der Waals surface area contributed by atoms with E-state index < -0.39 is 5.97 Å². The van der Waals surface area contributed by atoms with E-state index in [1.54, 1.807) is 19.1 Å². The Morgan fingerprint density at radius 2 is 2.06 bits per heavy atom. The summed E-state index contributed by atoms with van der Waals surface area (Å²) in [7, 11) is 0. The van der Waals surface area contributed by atoms with Crippen molar-refractivity contribution in [2.24, 2.45) is 0 Å². The van der Waals surface area contributed by atoms with Crippen LogP contribution in [0.2, 0.25) is 0 Å². The van der Waals surface area contributed by atoms with Crippen LogP contribution in [0.1, 0.15) is 38.9 Å². The van der Waals surface area contributed by atoms with E-state index in [-0.39, 0.29) is 5.56 Å². The molecule has 0 aliphatic heterocycles. The molecule has 0 saturated carbocycles. The van der Waals surface area contributed by atoms with Gasteiger partial charge in [0.15, 0.2) is 6.29 Å². The fraction of sp³-hybridized carbons (Fsp3) is 0.286. The smallest absolute Gasteiger partial charge is 0.336 e. The second kappa shape index (κ2) is 4.29. The van der Waals surface area contributed by atoms with Crippen LogP contribution in [0.15, 0.2) is 12.1 Å². The van der Waals surface area contributed by atoms with Gasteiger partial charge >= 0.3 is 5.97 Å². The number of aldehydes is 1. The minimum atomic E-state index is -0.941. The molecule has 1 N–H and O–H groups in total. The number of carboxylic acids is 1. The number of aromatic carboxylic acids is 1. The van der Waals surface area contributed by atoms with Gasteiger partial charge in [-0.3, -0.25) is 4.79 Å². The molecule has 18 heavy (non-hydrogen) atoms. The number of carbonyl (C=O) groups is 2. The van der Waals surface area contributed by atoms with Crippen LogP contribution < -0.4 is 0 Å². The van der Waals surface area contributed by atoms with E-state index in [2.05, 4.69) is 0 Å². The van der Waals surface area contributed by atoms with E-state index in [1.807, 2.05) is 18.4 Å². The summed E-state index contributed by atoms with van der Waals surface area (Å²) in [6, 6.07) is 3.43. The number of benzene rings is 1. The maximum Gasteiger partial charge on any atom is 0.336 e. The zero-order chi connectivity index (χ0) is 13.4. The van der Waals surface area contributed by atoms with Crippen LogP contribution in [0.5, 0.6) is 0 Å². The summed E-state index contributed by atoms with van der Waals surface area (Å²) in [6.45, 7) is 6.30. The summed E-state index contributed by atoms with van der Waals surface area (Å²) in [4.78, 5) is 22.3. The molecule has 1 aromatic heterocycles. The van der Waals surface area contributed by atoms with Crippen LogP contribution in [0.3, 0.4) is 0 Å². The molecule has 94 valence electrons. The van der Waals surface area contributed by atoms with Gasteiger partial charge in [0, 0.05) is 28.7 Å². The molecule has 0 saturated heterocycles. The molecule has 0 spiro atoms. The predicted octanol–water partition coefficient (Wildman–Crippen LogP) is 2.79. The first-order valence-electron chi connectivity index (χ1n) is 5.83. The molecule has 4 heteroatoms. The quantitative estimate of drug-likeness (QED) is 0.846. The van der Waals surface area contributed by atoms with Crippen molar-refractivity contribution in [3.8, 4) is 0 Å². The second-order valence-corrected chi connectivity index (χ2v) is 4.35. The summed E-state index contributed by atoms with van der Waals surface area (Å²) < 4.78 is 1.96. The summed E-state index contributed by atoms with van der Waals surface area (Å²) in [6.07, 6.45) is 0.837.